The first-order valence-electron chi connectivity index (χ1n) is 9.54. The van der Waals surface area contributed by atoms with Crippen molar-refractivity contribution >= 4 is 18.2 Å². The smallest absolute Gasteiger partial charge is 0.497 e. The monoisotopic (exact) mass is 484 g/mol. The number of alkyl halides is 3. The van der Waals surface area contributed by atoms with Crippen molar-refractivity contribution in [3.05, 3.63) is 52.8 Å². The van der Waals surface area contributed by atoms with E-state index in [4.69, 9.17) is 4.74 Å². The summed E-state index contributed by atoms with van der Waals surface area (Å²) in [6.45, 7) is 6.13. The van der Waals surface area contributed by atoms with Crippen LogP contribution >= 0.6 is 0 Å². The Balaban J connectivity index is 2.35. The van der Waals surface area contributed by atoms with Gasteiger partial charge in [0.05, 0.1) is 7.11 Å². The first-order chi connectivity index (χ1) is 14.7. The van der Waals surface area contributed by atoms with Crippen LogP contribution in [0.5, 0.6) is 5.75 Å². The van der Waals surface area contributed by atoms with E-state index < -0.39 is 29.8 Å². The molecule has 0 saturated carbocycles. The van der Waals surface area contributed by atoms with Crippen LogP contribution in [0.2, 0.25) is 19.6 Å². The second-order valence-corrected chi connectivity index (χ2v) is 14.2. The Morgan fingerprint density at radius 3 is 2.53 bits per heavy atom. The molecule has 5 nitrogen and oxygen atoms in total. The molecule has 0 heterocycles. The summed E-state index contributed by atoms with van der Waals surface area (Å²) in [7, 11) is -5.99. The number of methoxy groups -OCH3 is 1. The third kappa shape index (κ3) is 6.92. The van der Waals surface area contributed by atoms with Gasteiger partial charge in [0, 0.05) is 16.7 Å². The van der Waals surface area contributed by atoms with Crippen LogP contribution in [0.3, 0.4) is 0 Å². The van der Waals surface area contributed by atoms with E-state index in [-0.39, 0.29) is 17.8 Å². The molecule has 1 N–H and O–H groups in total. The fourth-order valence-corrected chi connectivity index (χ4v) is 3.66. The number of rotatable bonds is 4. The number of halogens is 3. The molecule has 1 aromatic carbocycles. The van der Waals surface area contributed by atoms with Gasteiger partial charge in [-0.25, -0.2) is 0 Å². The van der Waals surface area contributed by atoms with Gasteiger partial charge in [0.2, 0.25) is 0 Å². The van der Waals surface area contributed by atoms with Gasteiger partial charge in [-0.05, 0) is 37.1 Å². The fraction of sp³-hybridized carbons (Fsp3) is 0.364. The Labute approximate surface area is 187 Å². The van der Waals surface area contributed by atoms with E-state index in [1.165, 1.54) is 19.3 Å². The van der Waals surface area contributed by atoms with Crippen molar-refractivity contribution in [1.82, 2.24) is 0 Å². The molecule has 172 valence electrons. The summed E-state index contributed by atoms with van der Waals surface area (Å²) >= 11 is 0. The molecule has 1 aliphatic carbocycles. The maximum atomic E-state index is 12.6. The van der Waals surface area contributed by atoms with E-state index >= 15 is 0 Å². The summed E-state index contributed by atoms with van der Waals surface area (Å²) in [5.74, 6) is 8.48. The molecule has 1 unspecified atom stereocenters. The highest BCUT2D eigenvalue weighted by Gasteiger charge is 2.49. The zero-order valence-electron chi connectivity index (χ0n) is 18.0. The third-order valence-electron chi connectivity index (χ3n) is 4.14. The zero-order chi connectivity index (χ0) is 24.2. The van der Waals surface area contributed by atoms with E-state index in [0.29, 0.717) is 23.3 Å². The van der Waals surface area contributed by atoms with Gasteiger partial charge in [-0.15, -0.1) is 5.54 Å². The molecule has 0 aromatic heterocycles. The van der Waals surface area contributed by atoms with E-state index in [1.807, 2.05) is 19.6 Å². The SMILES string of the molecule is COc1ccc(C(O)C#C[Si](C)(C)C)c(C#C/C=C2/CCC=C2OS(=O)(=O)C(F)(F)F)c1. The van der Waals surface area contributed by atoms with Crippen molar-refractivity contribution in [2.75, 3.05) is 7.11 Å². The summed E-state index contributed by atoms with van der Waals surface area (Å²) in [6.07, 6.45) is 2.10. The molecule has 1 atom stereocenters. The van der Waals surface area contributed by atoms with Crippen molar-refractivity contribution < 1.29 is 35.6 Å². The van der Waals surface area contributed by atoms with Crippen LogP contribution in [-0.4, -0.2) is 34.2 Å². The van der Waals surface area contributed by atoms with Crippen LogP contribution in [0.4, 0.5) is 13.2 Å². The second kappa shape index (κ2) is 9.86. The highest BCUT2D eigenvalue weighted by atomic mass is 32.2. The number of aliphatic hydroxyl groups excluding tert-OH is 1. The van der Waals surface area contributed by atoms with Crippen molar-refractivity contribution in [2.24, 2.45) is 0 Å². The van der Waals surface area contributed by atoms with Gasteiger partial charge in [-0.1, -0.05) is 43.5 Å². The fourth-order valence-electron chi connectivity index (χ4n) is 2.58. The van der Waals surface area contributed by atoms with Gasteiger partial charge < -0.3 is 14.0 Å². The normalized spacial score (nSPS) is 16.4. The minimum absolute atomic E-state index is 0.230. The molecule has 0 bridgehead atoms. The number of hydrogen-bond acceptors (Lipinski definition) is 5. The minimum atomic E-state index is -5.76. The number of ether oxygens (including phenoxy) is 1. The lowest BCUT2D eigenvalue weighted by Crippen LogP contribution is -2.25. The van der Waals surface area contributed by atoms with Gasteiger partial charge >= 0.3 is 15.6 Å². The Kier molecular flexibility index (Phi) is 7.89. The molecular formula is C22H23F3O5SSi. The summed E-state index contributed by atoms with van der Waals surface area (Å²) in [4.78, 5) is 0. The average molecular weight is 485 g/mol. The van der Waals surface area contributed by atoms with Gasteiger partial charge in [0.25, 0.3) is 0 Å². The molecule has 0 aliphatic heterocycles. The number of hydrogen-bond donors (Lipinski definition) is 1. The summed E-state index contributed by atoms with van der Waals surface area (Å²) in [5.41, 5.74) is -1.32. The first kappa shape index (κ1) is 25.6. The third-order valence-corrected chi connectivity index (χ3v) is 6.00. The van der Waals surface area contributed by atoms with Crippen molar-refractivity contribution in [3.8, 4) is 29.1 Å². The Hall–Kier alpha value is -2.66. The van der Waals surface area contributed by atoms with Gasteiger partial charge in [0.15, 0.2) is 0 Å². The lowest BCUT2D eigenvalue weighted by molar-refractivity contribution is -0.0520. The van der Waals surface area contributed by atoms with Crippen molar-refractivity contribution in [2.45, 2.75) is 44.1 Å². The van der Waals surface area contributed by atoms with E-state index in [0.717, 1.165) is 0 Å². The molecule has 10 heteroatoms. The van der Waals surface area contributed by atoms with Gasteiger partial charge in [-0.2, -0.15) is 21.6 Å². The van der Waals surface area contributed by atoms with Crippen LogP contribution in [0.1, 0.15) is 30.1 Å². The molecule has 0 saturated heterocycles. The minimum Gasteiger partial charge on any atom is -0.497 e. The van der Waals surface area contributed by atoms with E-state index in [2.05, 4.69) is 27.5 Å². The number of aliphatic hydroxyl groups is 1. The lowest BCUT2D eigenvalue weighted by atomic mass is 10.0. The summed E-state index contributed by atoms with van der Waals surface area (Å²) < 4.78 is 69.7. The molecule has 0 amide bonds. The van der Waals surface area contributed by atoms with Crippen molar-refractivity contribution in [3.63, 3.8) is 0 Å². The molecule has 0 radical (unpaired) electrons. The zero-order valence-corrected chi connectivity index (χ0v) is 19.8. The Bertz CT molecular complexity index is 1150. The quantitative estimate of drug-likeness (QED) is 0.296. The molecule has 1 aromatic rings. The van der Waals surface area contributed by atoms with Crippen LogP contribution in [-0.2, 0) is 14.3 Å². The molecule has 32 heavy (non-hydrogen) atoms. The topological polar surface area (TPSA) is 72.8 Å². The van der Waals surface area contributed by atoms with Crippen LogP contribution < -0.4 is 4.74 Å². The standard InChI is InChI=1S/C22H23F3O5SSi/c1-29-18-11-12-19(20(26)13-14-32(2,3)4)17(15-18)9-5-7-16-8-6-10-21(16)30-31(27,28)22(23,24)25/h7,10-12,15,20,26H,6,8H2,1-4H3/b16-7-. The van der Waals surface area contributed by atoms with Crippen LogP contribution in [0.15, 0.2) is 41.7 Å². The van der Waals surface area contributed by atoms with E-state index in [9.17, 15) is 26.7 Å². The maximum absolute atomic E-state index is 12.6. The van der Waals surface area contributed by atoms with Gasteiger partial charge in [-0.3, -0.25) is 0 Å². The number of benzene rings is 1. The largest absolute Gasteiger partial charge is 0.534 e. The van der Waals surface area contributed by atoms with Crippen molar-refractivity contribution in [1.29, 1.82) is 0 Å². The molecule has 1 aliphatic rings. The summed E-state index contributed by atoms with van der Waals surface area (Å²) in [6, 6.07) is 4.90. The summed E-state index contributed by atoms with van der Waals surface area (Å²) in [5, 5.41) is 10.5. The predicted molar refractivity (Wildman–Crippen MR) is 117 cm³/mol. The molecule has 0 fully saturated rings. The average Bonchev–Trinajstić information content (AvgIpc) is 3.10. The number of allylic oxidation sites excluding steroid dienone is 3. The van der Waals surface area contributed by atoms with Crippen LogP contribution in [0, 0.1) is 23.3 Å². The second-order valence-electron chi connectivity index (χ2n) is 7.90. The highest BCUT2D eigenvalue weighted by Crippen LogP contribution is 2.33. The van der Waals surface area contributed by atoms with Gasteiger partial charge in [0.1, 0.15) is 25.7 Å². The molecule has 2 rings (SSSR count). The Morgan fingerprint density at radius 1 is 1.25 bits per heavy atom. The maximum Gasteiger partial charge on any atom is 0.534 e. The molecule has 0 spiro atoms. The highest BCUT2D eigenvalue weighted by molar-refractivity contribution is 7.87. The molecular weight excluding hydrogens is 461 g/mol. The van der Waals surface area contributed by atoms with Crippen LogP contribution in [0.25, 0.3) is 0 Å². The Morgan fingerprint density at radius 2 is 1.94 bits per heavy atom. The first-order valence-corrected chi connectivity index (χ1v) is 14.4. The van der Waals surface area contributed by atoms with E-state index in [1.54, 1.807) is 18.2 Å². The lowest BCUT2D eigenvalue weighted by Gasteiger charge is -2.11. The predicted octanol–water partition coefficient (Wildman–Crippen LogP) is 4.43.